The first-order valence-electron chi connectivity index (χ1n) is 9.72. The average Bonchev–Trinajstić information content (AvgIpc) is 2.78. The third-order valence-electron chi connectivity index (χ3n) is 4.32. The highest BCUT2D eigenvalue weighted by molar-refractivity contribution is 5.95. The maximum atomic E-state index is 12.2. The van der Waals surface area contributed by atoms with Gasteiger partial charge in [-0.05, 0) is 47.5 Å². The van der Waals surface area contributed by atoms with E-state index in [1.54, 1.807) is 48.5 Å². The van der Waals surface area contributed by atoms with Gasteiger partial charge >= 0.3 is 0 Å². The molecule has 3 rings (SSSR count). The van der Waals surface area contributed by atoms with E-state index in [1.807, 2.05) is 30.3 Å². The molecule has 7 heteroatoms. The lowest BCUT2D eigenvalue weighted by atomic mass is 10.1. The van der Waals surface area contributed by atoms with Crippen molar-refractivity contribution in [1.82, 2.24) is 10.9 Å². The molecule has 3 aromatic rings. The third-order valence-corrected chi connectivity index (χ3v) is 4.32. The van der Waals surface area contributed by atoms with Crippen LogP contribution in [0.4, 0.5) is 5.69 Å². The van der Waals surface area contributed by atoms with Crippen LogP contribution in [0.25, 0.3) is 0 Å². The van der Waals surface area contributed by atoms with Crippen LogP contribution in [-0.4, -0.2) is 17.7 Å². The van der Waals surface area contributed by atoms with Crippen molar-refractivity contribution in [1.29, 1.82) is 0 Å². The van der Waals surface area contributed by atoms with Crippen LogP contribution in [0.3, 0.4) is 0 Å². The summed E-state index contributed by atoms with van der Waals surface area (Å²) in [7, 11) is 0. The van der Waals surface area contributed by atoms with E-state index in [4.69, 9.17) is 4.74 Å². The molecule has 0 bridgehead atoms. The zero-order chi connectivity index (χ0) is 22.1. The lowest BCUT2D eigenvalue weighted by molar-refractivity contribution is -0.121. The van der Waals surface area contributed by atoms with Gasteiger partial charge in [0.2, 0.25) is 11.8 Å². The van der Waals surface area contributed by atoms with Gasteiger partial charge in [0, 0.05) is 18.2 Å². The van der Waals surface area contributed by atoms with Crippen LogP contribution in [0.15, 0.2) is 78.9 Å². The number of nitrogens with one attached hydrogen (secondary N) is 3. The Kier molecular flexibility index (Phi) is 7.37. The quantitative estimate of drug-likeness (QED) is 0.514. The van der Waals surface area contributed by atoms with Crippen LogP contribution >= 0.6 is 0 Å². The fourth-order valence-corrected chi connectivity index (χ4v) is 2.77. The van der Waals surface area contributed by atoms with Gasteiger partial charge in [0.15, 0.2) is 0 Å². The van der Waals surface area contributed by atoms with Crippen molar-refractivity contribution < 1.29 is 19.1 Å². The molecule has 0 aliphatic heterocycles. The van der Waals surface area contributed by atoms with E-state index >= 15 is 0 Å². The summed E-state index contributed by atoms with van der Waals surface area (Å²) in [6, 6.07) is 23.3. The van der Waals surface area contributed by atoms with E-state index in [2.05, 4.69) is 16.2 Å². The Balaban J connectivity index is 1.44. The van der Waals surface area contributed by atoms with Gasteiger partial charge in [0.05, 0.1) is 6.42 Å². The van der Waals surface area contributed by atoms with Crippen molar-refractivity contribution >= 4 is 23.4 Å². The van der Waals surface area contributed by atoms with Gasteiger partial charge in [-0.2, -0.15) is 0 Å². The molecule has 0 saturated heterocycles. The van der Waals surface area contributed by atoms with E-state index in [0.29, 0.717) is 17.9 Å². The summed E-state index contributed by atoms with van der Waals surface area (Å²) in [5.41, 5.74) is 7.56. The van der Waals surface area contributed by atoms with Crippen LogP contribution in [-0.2, 0) is 22.6 Å². The molecule has 0 aliphatic carbocycles. The number of para-hydroxylation sites is 1. The first-order valence-corrected chi connectivity index (χ1v) is 9.72. The number of carbonyl (C=O) groups is 3. The van der Waals surface area contributed by atoms with Crippen molar-refractivity contribution in [3.8, 4) is 5.75 Å². The van der Waals surface area contributed by atoms with Crippen LogP contribution < -0.4 is 20.9 Å². The Morgan fingerprint density at radius 3 is 2.06 bits per heavy atom. The van der Waals surface area contributed by atoms with Crippen LogP contribution in [0, 0.1) is 0 Å². The van der Waals surface area contributed by atoms with Gasteiger partial charge in [0.1, 0.15) is 12.4 Å². The van der Waals surface area contributed by atoms with Gasteiger partial charge in [0.25, 0.3) is 5.91 Å². The summed E-state index contributed by atoms with van der Waals surface area (Å²) in [6.45, 7) is 1.82. The second kappa shape index (κ2) is 10.6. The number of carbonyl (C=O) groups excluding carboxylic acids is 3. The molecule has 3 amide bonds. The number of ether oxygens (including phenoxy) is 1. The summed E-state index contributed by atoms with van der Waals surface area (Å²) >= 11 is 0. The van der Waals surface area contributed by atoms with Crippen LogP contribution in [0.5, 0.6) is 5.75 Å². The SMILES string of the molecule is CC(=O)Nc1ccc(CC(=O)NNC(=O)c2ccc(COc3ccccc3)cc2)cc1. The first kappa shape index (κ1) is 21.6. The highest BCUT2D eigenvalue weighted by Crippen LogP contribution is 2.12. The lowest BCUT2D eigenvalue weighted by Gasteiger charge is -2.09. The number of amides is 3. The molecule has 0 saturated carbocycles. The molecule has 0 fully saturated rings. The molecule has 0 unspecified atom stereocenters. The summed E-state index contributed by atoms with van der Waals surface area (Å²) in [6.07, 6.45) is 0.0936. The molecule has 7 nitrogen and oxygen atoms in total. The molecule has 3 aromatic carbocycles. The zero-order valence-electron chi connectivity index (χ0n) is 17.1. The standard InChI is InChI=1S/C24H23N3O4/c1-17(28)25-21-13-9-18(10-14-21)15-23(29)26-27-24(30)20-11-7-19(8-12-20)16-31-22-5-3-2-4-6-22/h2-14H,15-16H2,1H3,(H,25,28)(H,26,29)(H,27,30). The van der Waals surface area contributed by atoms with Crippen LogP contribution in [0.2, 0.25) is 0 Å². The topological polar surface area (TPSA) is 96.5 Å². The monoisotopic (exact) mass is 417 g/mol. The minimum Gasteiger partial charge on any atom is -0.489 e. The number of hydrazine groups is 1. The van der Waals surface area contributed by atoms with E-state index in [1.165, 1.54) is 6.92 Å². The number of benzene rings is 3. The van der Waals surface area contributed by atoms with Gasteiger partial charge in [-0.25, -0.2) is 0 Å². The fraction of sp³-hybridized carbons (Fsp3) is 0.125. The van der Waals surface area contributed by atoms with Crippen molar-refractivity contribution in [3.05, 3.63) is 95.6 Å². The molecular formula is C24H23N3O4. The zero-order valence-corrected chi connectivity index (χ0v) is 17.1. The minimum absolute atomic E-state index is 0.0936. The van der Waals surface area contributed by atoms with Gasteiger partial charge in [-0.15, -0.1) is 0 Å². The number of hydrogen-bond acceptors (Lipinski definition) is 4. The highest BCUT2D eigenvalue weighted by atomic mass is 16.5. The number of anilines is 1. The van der Waals surface area contributed by atoms with Crippen molar-refractivity contribution in [2.24, 2.45) is 0 Å². The van der Waals surface area contributed by atoms with Crippen LogP contribution in [0.1, 0.15) is 28.4 Å². The van der Waals surface area contributed by atoms with E-state index in [0.717, 1.165) is 16.9 Å². The van der Waals surface area contributed by atoms with E-state index < -0.39 is 5.91 Å². The van der Waals surface area contributed by atoms with E-state index in [9.17, 15) is 14.4 Å². The molecule has 3 N–H and O–H groups in total. The van der Waals surface area contributed by atoms with Gasteiger partial charge in [-0.1, -0.05) is 42.5 Å². The Morgan fingerprint density at radius 2 is 1.42 bits per heavy atom. The molecule has 0 spiro atoms. The smallest absolute Gasteiger partial charge is 0.269 e. The average molecular weight is 417 g/mol. The Bertz CT molecular complexity index is 1030. The molecule has 0 aromatic heterocycles. The summed E-state index contributed by atoms with van der Waals surface area (Å²) in [4.78, 5) is 35.3. The fourth-order valence-electron chi connectivity index (χ4n) is 2.77. The molecule has 0 aliphatic rings. The number of hydrogen-bond donors (Lipinski definition) is 3. The lowest BCUT2D eigenvalue weighted by Crippen LogP contribution is -2.42. The second-order valence-electron chi connectivity index (χ2n) is 6.86. The van der Waals surface area contributed by atoms with Crippen molar-refractivity contribution in [3.63, 3.8) is 0 Å². The first-order chi connectivity index (χ1) is 15.0. The Morgan fingerprint density at radius 1 is 0.774 bits per heavy atom. The van der Waals surface area contributed by atoms with Gasteiger partial charge < -0.3 is 10.1 Å². The third kappa shape index (κ3) is 7.01. The Hall–Kier alpha value is -4.13. The molecule has 31 heavy (non-hydrogen) atoms. The largest absolute Gasteiger partial charge is 0.489 e. The predicted octanol–water partition coefficient (Wildman–Crippen LogP) is 3.23. The van der Waals surface area contributed by atoms with Crippen molar-refractivity contribution in [2.75, 3.05) is 5.32 Å². The number of rotatable bonds is 7. The van der Waals surface area contributed by atoms with Gasteiger partial charge in [-0.3, -0.25) is 25.2 Å². The minimum atomic E-state index is -0.412. The maximum Gasteiger partial charge on any atom is 0.269 e. The molecule has 0 heterocycles. The summed E-state index contributed by atoms with van der Waals surface area (Å²) < 4.78 is 5.68. The van der Waals surface area contributed by atoms with E-state index in [-0.39, 0.29) is 18.2 Å². The molecule has 158 valence electrons. The maximum absolute atomic E-state index is 12.2. The normalized spacial score (nSPS) is 10.1. The summed E-state index contributed by atoms with van der Waals surface area (Å²) in [5, 5.41) is 2.66. The molecular weight excluding hydrogens is 394 g/mol. The second-order valence-corrected chi connectivity index (χ2v) is 6.86. The molecule has 0 atom stereocenters. The molecule has 0 radical (unpaired) electrons. The predicted molar refractivity (Wildman–Crippen MR) is 117 cm³/mol. The Labute approximate surface area is 180 Å². The highest BCUT2D eigenvalue weighted by Gasteiger charge is 2.09. The summed E-state index contributed by atoms with van der Waals surface area (Å²) in [5.74, 6) is -0.153. The van der Waals surface area contributed by atoms with Crippen molar-refractivity contribution in [2.45, 2.75) is 20.0 Å².